The summed E-state index contributed by atoms with van der Waals surface area (Å²) in [7, 11) is 0. The van der Waals surface area contributed by atoms with E-state index in [1.54, 1.807) is 11.3 Å². The van der Waals surface area contributed by atoms with Gasteiger partial charge in [0, 0.05) is 52.2 Å². The summed E-state index contributed by atoms with van der Waals surface area (Å²) < 4.78 is 17.2. The number of hydrogen-bond donors (Lipinski definition) is 5. The van der Waals surface area contributed by atoms with E-state index in [-0.39, 0.29) is 50.2 Å². The summed E-state index contributed by atoms with van der Waals surface area (Å²) >= 11 is 1.58. The summed E-state index contributed by atoms with van der Waals surface area (Å²) in [4.78, 5) is 52.4. The Hall–Kier alpha value is -4.00. The minimum atomic E-state index is -0.943. The Morgan fingerprint density at radius 3 is 2.32 bits per heavy atom. The van der Waals surface area contributed by atoms with Crippen molar-refractivity contribution in [1.29, 1.82) is 0 Å². The maximum atomic E-state index is 14.0. The molecule has 5 aliphatic rings. The molecule has 3 aromatic rings. The Labute approximate surface area is 437 Å². The van der Waals surface area contributed by atoms with Crippen molar-refractivity contribution < 1.29 is 43.9 Å². The molecule has 0 radical (unpaired) electrons. The Morgan fingerprint density at radius 2 is 1.60 bits per heavy atom. The molecule has 8 rings (SSSR count). The van der Waals surface area contributed by atoms with E-state index in [9.17, 15) is 29.7 Å². The molecule has 3 heterocycles. The van der Waals surface area contributed by atoms with Crippen LogP contribution in [0.5, 0.6) is 5.75 Å². The molecule has 3 amide bonds. The number of carbonyl (C=O) groups is 3. The first-order valence-electron chi connectivity index (χ1n) is 27.3. The number of unbranched alkanes of at least 4 members (excludes halogenated alkanes) is 2. The molecule has 1 aromatic heterocycles. The summed E-state index contributed by atoms with van der Waals surface area (Å²) in [6, 6.07) is 12.2. The van der Waals surface area contributed by atoms with Crippen LogP contribution in [0.1, 0.15) is 114 Å². The summed E-state index contributed by atoms with van der Waals surface area (Å²) in [5.74, 6) is 1.57. The molecule has 0 unspecified atom stereocenters. The first-order chi connectivity index (χ1) is 35.1. The third-order valence-corrected chi connectivity index (χ3v) is 18.1. The number of carbonyl (C=O) groups excluding carboxylic acids is 3. The molecule has 9 atom stereocenters. The van der Waals surface area contributed by atoms with E-state index >= 15 is 0 Å². The minimum absolute atomic E-state index is 0.0000732. The predicted molar refractivity (Wildman–Crippen MR) is 283 cm³/mol. The standard InChI is InChI=1S/C57H84N6O9S/c1-38-52(73-37-59-38)40-12-10-39(11-13-40)34-58-54(68)48-33-44(65)35-63(48)55(69)53(56(2,3)4)60-50(67)36-72-30-29-71-28-27-70-26-25-62-23-21-61(22-24-62)20-8-6-7-9-41-31-42-32-43(64)14-15-45(42)46-18-19-57(5)47(51(41)46)16-17-49(57)66/h10-15,32,37,41,44,46-49,51,53,64-66H,6-9,16-31,33-36H2,1-5H3,(H,58,68)(H,60,67)/t41-,44-,46-,47+,48+,49+,51-,53-,57+/m1/s1. The molecule has 2 saturated heterocycles. The number of phenols is 1. The van der Waals surface area contributed by atoms with Gasteiger partial charge in [-0.3, -0.25) is 19.3 Å². The molecule has 0 spiro atoms. The Kier molecular flexibility index (Phi) is 19.1. The maximum absolute atomic E-state index is 14.0. The number of hydrogen-bond acceptors (Lipinski definition) is 13. The van der Waals surface area contributed by atoms with Gasteiger partial charge in [0.05, 0.1) is 61.3 Å². The zero-order valence-corrected chi connectivity index (χ0v) is 45.0. The van der Waals surface area contributed by atoms with Gasteiger partial charge in [0.15, 0.2) is 0 Å². The lowest BCUT2D eigenvalue weighted by Crippen LogP contribution is -2.58. The first kappa shape index (κ1) is 55.2. The van der Waals surface area contributed by atoms with Crippen LogP contribution >= 0.6 is 11.3 Å². The van der Waals surface area contributed by atoms with Crippen molar-refractivity contribution >= 4 is 29.1 Å². The van der Waals surface area contributed by atoms with Gasteiger partial charge in [-0.25, -0.2) is 4.98 Å². The number of nitrogens with zero attached hydrogens (tertiary/aromatic N) is 4. The molecule has 15 nitrogen and oxygen atoms in total. The van der Waals surface area contributed by atoms with Gasteiger partial charge >= 0.3 is 0 Å². The largest absolute Gasteiger partial charge is 0.508 e. The number of rotatable bonds is 23. The van der Waals surface area contributed by atoms with Crippen LogP contribution in [0.3, 0.4) is 0 Å². The fourth-order valence-electron chi connectivity index (χ4n) is 13.0. The highest BCUT2D eigenvalue weighted by atomic mass is 32.1. The van der Waals surface area contributed by atoms with Crippen LogP contribution in [0.15, 0.2) is 48.0 Å². The predicted octanol–water partition coefficient (Wildman–Crippen LogP) is 6.30. The average molecular weight is 1030 g/mol. The number of ether oxygens (including phenoxy) is 3. The number of amides is 3. The van der Waals surface area contributed by atoms with Crippen LogP contribution in [0, 0.1) is 35.5 Å². The number of benzene rings is 2. The topological polar surface area (TPSA) is 186 Å². The van der Waals surface area contributed by atoms with Gasteiger partial charge in [-0.05, 0) is 127 Å². The Balaban J connectivity index is 0.651. The molecule has 2 saturated carbocycles. The quantitative estimate of drug-likeness (QED) is 0.0669. The molecule has 73 heavy (non-hydrogen) atoms. The van der Waals surface area contributed by atoms with Crippen molar-refractivity contribution in [3.05, 3.63) is 70.4 Å². The number of phenolic OH excluding ortho intramolecular Hbond substituents is 1. The van der Waals surface area contributed by atoms with Gasteiger partial charge in [0.2, 0.25) is 17.7 Å². The molecular formula is C57H84N6O9S. The smallest absolute Gasteiger partial charge is 0.246 e. The number of aryl methyl sites for hydroxylation is 1. The van der Waals surface area contributed by atoms with Crippen molar-refractivity contribution in [3.63, 3.8) is 0 Å². The highest BCUT2D eigenvalue weighted by molar-refractivity contribution is 7.13. The average Bonchev–Trinajstić information content (AvgIpc) is 4.08. The van der Waals surface area contributed by atoms with Crippen LogP contribution < -0.4 is 10.6 Å². The summed E-state index contributed by atoms with van der Waals surface area (Å²) in [5.41, 5.74) is 6.95. The number of aliphatic hydroxyl groups is 2. The van der Waals surface area contributed by atoms with E-state index in [4.69, 9.17) is 14.2 Å². The number of piperazine rings is 1. The van der Waals surface area contributed by atoms with Crippen LogP contribution in [-0.2, 0) is 41.6 Å². The molecule has 402 valence electrons. The van der Waals surface area contributed by atoms with Crippen molar-refractivity contribution in [1.82, 2.24) is 30.3 Å². The number of nitrogens with one attached hydrogen (secondary N) is 2. The number of thiazole rings is 1. The van der Waals surface area contributed by atoms with Crippen molar-refractivity contribution in [3.8, 4) is 16.2 Å². The fourth-order valence-corrected chi connectivity index (χ4v) is 13.8. The normalized spacial score (nSPS) is 26.8. The fraction of sp³-hybridized carbons (Fsp3) is 0.684. The van der Waals surface area contributed by atoms with E-state index < -0.39 is 35.4 Å². The molecule has 16 heteroatoms. The molecule has 4 fully saturated rings. The van der Waals surface area contributed by atoms with Gasteiger partial charge in [0.1, 0.15) is 24.4 Å². The van der Waals surface area contributed by atoms with E-state index in [1.165, 1.54) is 41.7 Å². The van der Waals surface area contributed by atoms with E-state index in [2.05, 4.69) is 38.4 Å². The number of aromatic hydroxyl groups is 1. The van der Waals surface area contributed by atoms with Crippen LogP contribution in [-0.4, -0.2) is 162 Å². The van der Waals surface area contributed by atoms with Gasteiger partial charge in [0.25, 0.3) is 0 Å². The number of fused-ring (bicyclic) bond motifs is 5. The molecule has 0 bridgehead atoms. The monoisotopic (exact) mass is 1030 g/mol. The molecule has 2 aliphatic heterocycles. The van der Waals surface area contributed by atoms with E-state index in [1.807, 2.05) is 69.6 Å². The Morgan fingerprint density at radius 1 is 0.890 bits per heavy atom. The van der Waals surface area contributed by atoms with Gasteiger partial charge < -0.3 is 50.0 Å². The third kappa shape index (κ3) is 13.9. The second-order valence-electron chi connectivity index (χ2n) is 23.0. The SMILES string of the molecule is Cc1ncsc1-c1ccc(CNC(=O)[C@@H]2C[C@@H](O)CN2C(=O)[C@@H](NC(=O)COCCOCCOCCN2CCN(CCCCC[C@@H]3Cc4cc(O)ccc4[C@H]4CC[C@]5(C)[C@@H](O)CC[C@H]5[C@H]34)CC2)C(C)(C)C)cc1. The lowest BCUT2D eigenvalue weighted by Gasteiger charge is -2.53. The minimum Gasteiger partial charge on any atom is -0.508 e. The van der Waals surface area contributed by atoms with Gasteiger partial charge in [-0.2, -0.15) is 0 Å². The summed E-state index contributed by atoms with van der Waals surface area (Å²) in [6.45, 7) is 18.2. The van der Waals surface area contributed by atoms with Gasteiger partial charge in [-0.1, -0.05) is 70.9 Å². The van der Waals surface area contributed by atoms with Crippen molar-refractivity contribution in [2.75, 3.05) is 85.5 Å². The first-order valence-corrected chi connectivity index (χ1v) is 28.2. The second kappa shape index (κ2) is 25.2. The molecule has 5 N–H and O–H groups in total. The molecule has 2 aromatic carbocycles. The van der Waals surface area contributed by atoms with E-state index in [0.717, 1.165) is 93.1 Å². The number of likely N-dealkylation sites (tertiary alicyclic amines) is 1. The maximum Gasteiger partial charge on any atom is 0.246 e. The summed E-state index contributed by atoms with van der Waals surface area (Å²) in [5, 5.41) is 37.7. The highest BCUT2D eigenvalue weighted by Gasteiger charge is 2.56. The number of aliphatic hydroxyl groups excluding tert-OH is 2. The number of β-amino-alcohol motifs (C(OH)–C–C–N with tert-alkyl or cyclic N) is 1. The van der Waals surface area contributed by atoms with Crippen LogP contribution in [0.25, 0.3) is 10.4 Å². The lowest BCUT2D eigenvalue weighted by atomic mass is 9.52. The van der Waals surface area contributed by atoms with Crippen molar-refractivity contribution in [2.45, 2.75) is 136 Å². The Bertz CT molecular complexity index is 2280. The van der Waals surface area contributed by atoms with Gasteiger partial charge in [-0.15, -0.1) is 11.3 Å². The van der Waals surface area contributed by atoms with Crippen molar-refractivity contribution in [2.24, 2.45) is 28.6 Å². The zero-order valence-electron chi connectivity index (χ0n) is 44.2. The lowest BCUT2D eigenvalue weighted by molar-refractivity contribution is -0.144. The number of aromatic nitrogens is 1. The van der Waals surface area contributed by atoms with E-state index in [0.29, 0.717) is 55.8 Å². The van der Waals surface area contributed by atoms with Crippen LogP contribution in [0.2, 0.25) is 0 Å². The second-order valence-corrected chi connectivity index (χ2v) is 23.9. The molecule has 3 aliphatic carbocycles. The molecular weight excluding hydrogens is 945 g/mol. The summed E-state index contributed by atoms with van der Waals surface area (Å²) in [6.07, 6.45) is 9.44. The third-order valence-electron chi connectivity index (χ3n) is 17.1. The van der Waals surface area contributed by atoms with Crippen LogP contribution in [0.4, 0.5) is 0 Å². The zero-order chi connectivity index (χ0) is 51.7. The highest BCUT2D eigenvalue weighted by Crippen LogP contribution is 2.62.